The number of rotatable bonds is 5. The molecule has 0 aliphatic heterocycles. The van der Waals surface area contributed by atoms with Crippen LogP contribution >= 0.6 is 0 Å². The standard InChI is InChI=1S/C13H18O.C2H6/c1-3-4-5-6-12-7-9-13(10-8-12)11(2)14;1-2/h7-10H,3-6H2,1-2H3;1-2H3. The van der Waals surface area contributed by atoms with Gasteiger partial charge in [0.05, 0.1) is 0 Å². The fraction of sp³-hybridized carbons (Fsp3) is 0.533. The highest BCUT2D eigenvalue weighted by molar-refractivity contribution is 5.93. The Balaban J connectivity index is 0.00000106. The van der Waals surface area contributed by atoms with Crippen LogP contribution in [-0.2, 0) is 6.42 Å². The van der Waals surface area contributed by atoms with E-state index in [1.807, 2.05) is 26.0 Å². The Hall–Kier alpha value is -1.11. The van der Waals surface area contributed by atoms with Crippen LogP contribution in [0.15, 0.2) is 24.3 Å². The number of hydrogen-bond acceptors (Lipinski definition) is 1. The minimum Gasteiger partial charge on any atom is -0.295 e. The molecule has 1 aromatic rings. The Kier molecular flexibility index (Phi) is 8.51. The van der Waals surface area contributed by atoms with Crippen molar-refractivity contribution in [3.05, 3.63) is 35.4 Å². The average molecular weight is 220 g/mol. The van der Waals surface area contributed by atoms with Gasteiger partial charge in [0.1, 0.15) is 0 Å². The maximum atomic E-state index is 11.0. The summed E-state index contributed by atoms with van der Waals surface area (Å²) in [5.74, 6) is 0.144. The fourth-order valence-corrected chi connectivity index (χ4v) is 1.49. The molecule has 0 aliphatic rings. The predicted octanol–water partition coefficient (Wildman–Crippen LogP) is 4.65. The van der Waals surface area contributed by atoms with E-state index >= 15 is 0 Å². The summed E-state index contributed by atoms with van der Waals surface area (Å²) in [6.45, 7) is 7.81. The first-order valence-electron chi connectivity index (χ1n) is 6.34. The molecule has 0 N–H and O–H groups in total. The topological polar surface area (TPSA) is 17.1 Å². The van der Waals surface area contributed by atoms with E-state index in [9.17, 15) is 4.79 Å². The summed E-state index contributed by atoms with van der Waals surface area (Å²) in [6.07, 6.45) is 4.92. The van der Waals surface area contributed by atoms with Gasteiger partial charge in [-0.15, -0.1) is 0 Å². The Morgan fingerprint density at radius 3 is 2.06 bits per heavy atom. The summed E-state index contributed by atoms with van der Waals surface area (Å²) in [6, 6.07) is 7.96. The number of unbranched alkanes of at least 4 members (excludes halogenated alkanes) is 2. The van der Waals surface area contributed by atoms with Gasteiger partial charge in [0, 0.05) is 5.56 Å². The SMILES string of the molecule is CC.CCCCCc1ccc(C(C)=O)cc1. The molecule has 90 valence electrons. The number of hydrogen-bond donors (Lipinski definition) is 0. The van der Waals surface area contributed by atoms with E-state index in [1.54, 1.807) is 6.92 Å². The lowest BCUT2D eigenvalue weighted by Crippen LogP contribution is -1.92. The van der Waals surface area contributed by atoms with Crippen LogP contribution in [0, 0.1) is 0 Å². The van der Waals surface area contributed by atoms with Gasteiger partial charge >= 0.3 is 0 Å². The highest BCUT2D eigenvalue weighted by Crippen LogP contribution is 2.09. The number of ketones is 1. The molecule has 0 aliphatic carbocycles. The van der Waals surface area contributed by atoms with Gasteiger partial charge in [-0.1, -0.05) is 57.9 Å². The summed E-state index contributed by atoms with van der Waals surface area (Å²) in [5.41, 5.74) is 2.15. The molecule has 0 unspecified atom stereocenters. The highest BCUT2D eigenvalue weighted by atomic mass is 16.1. The smallest absolute Gasteiger partial charge is 0.159 e. The van der Waals surface area contributed by atoms with E-state index in [4.69, 9.17) is 0 Å². The van der Waals surface area contributed by atoms with Gasteiger partial charge in [0.2, 0.25) is 0 Å². The van der Waals surface area contributed by atoms with Crippen LogP contribution in [0.5, 0.6) is 0 Å². The molecular formula is C15H24O. The molecule has 0 aromatic heterocycles. The molecule has 0 heterocycles. The number of aryl methyl sites for hydroxylation is 1. The molecule has 0 bridgehead atoms. The van der Waals surface area contributed by atoms with E-state index in [0.29, 0.717) is 0 Å². The normalized spacial score (nSPS) is 9.25. The zero-order valence-corrected chi connectivity index (χ0v) is 11.0. The lowest BCUT2D eigenvalue weighted by Gasteiger charge is -2.01. The van der Waals surface area contributed by atoms with Crippen LogP contribution in [0.3, 0.4) is 0 Å². The monoisotopic (exact) mass is 220 g/mol. The molecule has 1 aromatic carbocycles. The first kappa shape index (κ1) is 14.9. The summed E-state index contributed by atoms with van der Waals surface area (Å²) >= 11 is 0. The van der Waals surface area contributed by atoms with Gasteiger partial charge in [-0.2, -0.15) is 0 Å². The molecule has 0 saturated heterocycles. The third kappa shape index (κ3) is 5.69. The Labute approximate surface area is 99.9 Å². The number of Topliss-reactive ketones (excluding diaryl/α,β-unsaturated/α-hetero) is 1. The van der Waals surface area contributed by atoms with Crippen LogP contribution < -0.4 is 0 Å². The van der Waals surface area contributed by atoms with Crippen molar-refractivity contribution < 1.29 is 4.79 Å². The number of carbonyl (C=O) groups is 1. The Morgan fingerprint density at radius 1 is 1.06 bits per heavy atom. The van der Waals surface area contributed by atoms with E-state index in [-0.39, 0.29) is 5.78 Å². The zero-order chi connectivity index (χ0) is 12.4. The van der Waals surface area contributed by atoms with Crippen molar-refractivity contribution in [1.29, 1.82) is 0 Å². The minimum absolute atomic E-state index is 0.144. The number of carbonyl (C=O) groups excluding carboxylic acids is 1. The van der Waals surface area contributed by atoms with Crippen LogP contribution in [0.25, 0.3) is 0 Å². The zero-order valence-electron chi connectivity index (χ0n) is 11.0. The van der Waals surface area contributed by atoms with Crippen molar-refractivity contribution in [2.45, 2.75) is 53.4 Å². The molecular weight excluding hydrogens is 196 g/mol. The van der Waals surface area contributed by atoms with Gasteiger partial charge in [0.25, 0.3) is 0 Å². The average Bonchev–Trinajstić information content (AvgIpc) is 2.33. The van der Waals surface area contributed by atoms with Crippen LogP contribution in [0.4, 0.5) is 0 Å². The molecule has 1 rings (SSSR count). The summed E-state index contributed by atoms with van der Waals surface area (Å²) < 4.78 is 0. The second-order valence-corrected chi connectivity index (χ2v) is 3.71. The largest absolute Gasteiger partial charge is 0.295 e. The van der Waals surface area contributed by atoms with Crippen molar-refractivity contribution in [3.63, 3.8) is 0 Å². The van der Waals surface area contributed by atoms with E-state index in [0.717, 1.165) is 12.0 Å². The van der Waals surface area contributed by atoms with Gasteiger partial charge < -0.3 is 0 Å². The van der Waals surface area contributed by atoms with Crippen LogP contribution in [-0.4, -0.2) is 5.78 Å². The Bertz CT molecular complexity index is 285. The van der Waals surface area contributed by atoms with Gasteiger partial charge in [-0.3, -0.25) is 4.79 Å². The number of benzene rings is 1. The molecule has 0 amide bonds. The summed E-state index contributed by atoms with van der Waals surface area (Å²) in [4.78, 5) is 11.0. The van der Waals surface area contributed by atoms with Gasteiger partial charge in [-0.05, 0) is 25.3 Å². The molecule has 0 saturated carbocycles. The third-order valence-corrected chi connectivity index (χ3v) is 2.43. The second kappa shape index (κ2) is 9.14. The Morgan fingerprint density at radius 2 is 1.62 bits per heavy atom. The fourth-order valence-electron chi connectivity index (χ4n) is 1.49. The van der Waals surface area contributed by atoms with Crippen molar-refractivity contribution in [2.24, 2.45) is 0 Å². The molecule has 16 heavy (non-hydrogen) atoms. The molecule has 1 nitrogen and oxygen atoms in total. The molecule has 1 heteroatoms. The van der Waals surface area contributed by atoms with Crippen molar-refractivity contribution >= 4 is 5.78 Å². The van der Waals surface area contributed by atoms with E-state index < -0.39 is 0 Å². The molecule has 0 atom stereocenters. The maximum absolute atomic E-state index is 11.0. The molecule has 0 fully saturated rings. The quantitative estimate of drug-likeness (QED) is 0.521. The van der Waals surface area contributed by atoms with Crippen molar-refractivity contribution in [1.82, 2.24) is 0 Å². The van der Waals surface area contributed by atoms with Crippen molar-refractivity contribution in [2.75, 3.05) is 0 Å². The lowest BCUT2D eigenvalue weighted by molar-refractivity contribution is 0.101. The van der Waals surface area contributed by atoms with Crippen LogP contribution in [0.2, 0.25) is 0 Å². The first-order chi connectivity index (χ1) is 7.74. The maximum Gasteiger partial charge on any atom is 0.159 e. The summed E-state index contributed by atoms with van der Waals surface area (Å²) in [5, 5.41) is 0. The summed E-state index contributed by atoms with van der Waals surface area (Å²) in [7, 11) is 0. The predicted molar refractivity (Wildman–Crippen MR) is 71.0 cm³/mol. The van der Waals surface area contributed by atoms with E-state index in [2.05, 4.69) is 19.1 Å². The van der Waals surface area contributed by atoms with Crippen molar-refractivity contribution in [3.8, 4) is 0 Å². The van der Waals surface area contributed by atoms with Gasteiger partial charge in [-0.25, -0.2) is 0 Å². The van der Waals surface area contributed by atoms with E-state index in [1.165, 1.54) is 24.8 Å². The minimum atomic E-state index is 0.144. The first-order valence-corrected chi connectivity index (χ1v) is 6.34. The lowest BCUT2D eigenvalue weighted by atomic mass is 10.0. The molecule has 0 radical (unpaired) electrons. The molecule has 0 spiro atoms. The van der Waals surface area contributed by atoms with Crippen LogP contribution in [0.1, 0.15) is 62.9 Å². The van der Waals surface area contributed by atoms with Gasteiger partial charge in [0.15, 0.2) is 5.78 Å². The second-order valence-electron chi connectivity index (χ2n) is 3.71. The highest BCUT2D eigenvalue weighted by Gasteiger charge is 1.98. The third-order valence-electron chi connectivity index (χ3n) is 2.43.